The number of rotatable bonds is 9. The molecule has 0 bridgehead atoms. The number of hydrogen-bond acceptors (Lipinski definition) is 5. The Morgan fingerprint density at radius 2 is 1.84 bits per heavy atom. The Labute approximate surface area is 209 Å². The highest BCUT2D eigenvalue weighted by molar-refractivity contribution is 14.0. The maximum Gasteiger partial charge on any atom is 0.191 e. The molecule has 0 amide bonds. The van der Waals surface area contributed by atoms with Crippen molar-refractivity contribution in [2.24, 2.45) is 4.99 Å². The predicted molar refractivity (Wildman–Crippen MR) is 142 cm³/mol. The summed E-state index contributed by atoms with van der Waals surface area (Å²) in [5, 5.41) is 10.9. The van der Waals surface area contributed by atoms with Crippen molar-refractivity contribution in [2.45, 2.75) is 78.3 Å². The summed E-state index contributed by atoms with van der Waals surface area (Å²) in [7, 11) is 0. The fourth-order valence-corrected chi connectivity index (χ4v) is 3.99. The standard InChI is InChI=1S/C24H38N6O.HI/c1-4-20(5-2)22-15-21(31-29-22)18-28-24(25-6-3)27-17-19-11-12-23(26-16-19)30-13-9-7-8-10-14-30;/h11-12,15-16,20H,4-10,13-14,17-18H2,1-3H3,(H2,25,27,28);1H. The molecular weight excluding hydrogens is 515 g/mol. The number of halogens is 1. The van der Waals surface area contributed by atoms with Gasteiger partial charge >= 0.3 is 0 Å². The van der Waals surface area contributed by atoms with Crippen molar-refractivity contribution in [3.8, 4) is 0 Å². The molecule has 2 aromatic rings. The van der Waals surface area contributed by atoms with Gasteiger partial charge in [0.15, 0.2) is 11.7 Å². The van der Waals surface area contributed by atoms with Crippen molar-refractivity contribution in [1.29, 1.82) is 0 Å². The first kappa shape index (κ1) is 26.4. The Hall–Kier alpha value is -1.84. The summed E-state index contributed by atoms with van der Waals surface area (Å²) in [6.45, 7) is 10.6. The van der Waals surface area contributed by atoms with Crippen molar-refractivity contribution in [2.75, 3.05) is 24.5 Å². The second-order valence-corrected chi connectivity index (χ2v) is 8.21. The number of nitrogens with one attached hydrogen (secondary N) is 2. The van der Waals surface area contributed by atoms with Gasteiger partial charge in [-0.25, -0.2) is 9.98 Å². The van der Waals surface area contributed by atoms with Crippen LogP contribution in [0.25, 0.3) is 0 Å². The lowest BCUT2D eigenvalue weighted by atomic mass is 9.99. The molecule has 0 unspecified atom stereocenters. The van der Waals surface area contributed by atoms with Gasteiger partial charge in [-0.15, -0.1) is 24.0 Å². The second-order valence-electron chi connectivity index (χ2n) is 8.21. The number of guanidine groups is 1. The minimum Gasteiger partial charge on any atom is -0.359 e. The van der Waals surface area contributed by atoms with Gasteiger partial charge in [-0.1, -0.05) is 37.9 Å². The highest BCUT2D eigenvalue weighted by Gasteiger charge is 2.13. The molecule has 0 radical (unpaired) electrons. The van der Waals surface area contributed by atoms with Crippen LogP contribution in [0.3, 0.4) is 0 Å². The lowest BCUT2D eigenvalue weighted by Gasteiger charge is -2.21. The minimum atomic E-state index is 0. The van der Waals surface area contributed by atoms with E-state index >= 15 is 0 Å². The molecule has 1 aliphatic rings. The van der Waals surface area contributed by atoms with Gasteiger partial charge in [-0.3, -0.25) is 0 Å². The number of nitrogens with zero attached hydrogens (tertiary/aromatic N) is 4. The van der Waals surface area contributed by atoms with Gasteiger partial charge in [0.05, 0.1) is 18.8 Å². The highest BCUT2D eigenvalue weighted by Crippen LogP contribution is 2.22. The van der Waals surface area contributed by atoms with Crippen LogP contribution in [0.2, 0.25) is 0 Å². The molecule has 32 heavy (non-hydrogen) atoms. The summed E-state index contributed by atoms with van der Waals surface area (Å²) in [4.78, 5) is 11.8. The molecule has 1 fully saturated rings. The van der Waals surface area contributed by atoms with E-state index in [0.29, 0.717) is 19.0 Å². The molecule has 0 spiro atoms. The molecule has 2 N–H and O–H groups in total. The maximum absolute atomic E-state index is 5.51. The Morgan fingerprint density at radius 1 is 1.09 bits per heavy atom. The smallest absolute Gasteiger partial charge is 0.191 e. The van der Waals surface area contributed by atoms with Crippen molar-refractivity contribution in [3.05, 3.63) is 41.4 Å². The first-order valence-corrected chi connectivity index (χ1v) is 11.9. The molecule has 2 aromatic heterocycles. The van der Waals surface area contributed by atoms with Crippen LogP contribution in [0.5, 0.6) is 0 Å². The number of aromatic nitrogens is 2. The molecule has 0 aliphatic carbocycles. The number of pyridine rings is 1. The van der Waals surface area contributed by atoms with E-state index in [4.69, 9.17) is 9.52 Å². The molecular formula is C24H39IN6O. The molecule has 3 rings (SSSR count). The van der Waals surface area contributed by atoms with Gasteiger partial charge in [-0.2, -0.15) is 0 Å². The van der Waals surface area contributed by atoms with E-state index < -0.39 is 0 Å². The minimum absolute atomic E-state index is 0. The van der Waals surface area contributed by atoms with Crippen molar-refractivity contribution >= 4 is 35.8 Å². The first-order valence-electron chi connectivity index (χ1n) is 11.9. The first-order chi connectivity index (χ1) is 15.2. The summed E-state index contributed by atoms with van der Waals surface area (Å²) in [6.07, 6.45) is 9.28. The molecule has 0 atom stereocenters. The van der Waals surface area contributed by atoms with E-state index in [1.165, 1.54) is 25.7 Å². The quantitative estimate of drug-likeness (QED) is 0.251. The lowest BCUT2D eigenvalue weighted by Crippen LogP contribution is -2.36. The molecule has 3 heterocycles. The SMILES string of the molecule is CCNC(=NCc1ccc(N2CCCCCC2)nc1)NCc1cc(C(CC)CC)no1.I. The topological polar surface area (TPSA) is 78.6 Å². The molecule has 7 nitrogen and oxygen atoms in total. The molecule has 0 aromatic carbocycles. The summed E-state index contributed by atoms with van der Waals surface area (Å²) >= 11 is 0. The van der Waals surface area contributed by atoms with E-state index in [1.807, 2.05) is 6.20 Å². The van der Waals surface area contributed by atoms with E-state index in [2.05, 4.69) is 64.6 Å². The van der Waals surface area contributed by atoms with Crippen LogP contribution in [-0.2, 0) is 13.1 Å². The predicted octanol–water partition coefficient (Wildman–Crippen LogP) is 5.23. The van der Waals surface area contributed by atoms with Crippen LogP contribution in [0.15, 0.2) is 33.9 Å². The van der Waals surface area contributed by atoms with Gasteiger partial charge in [0.1, 0.15) is 5.82 Å². The summed E-state index contributed by atoms with van der Waals surface area (Å²) < 4.78 is 5.51. The van der Waals surface area contributed by atoms with Crippen LogP contribution in [0.1, 0.15) is 82.2 Å². The average Bonchev–Trinajstić information content (AvgIpc) is 3.09. The van der Waals surface area contributed by atoms with Crippen molar-refractivity contribution in [1.82, 2.24) is 20.8 Å². The van der Waals surface area contributed by atoms with Gasteiger partial charge in [0, 0.05) is 37.8 Å². The van der Waals surface area contributed by atoms with Crippen LogP contribution < -0.4 is 15.5 Å². The van der Waals surface area contributed by atoms with Gasteiger partial charge < -0.3 is 20.1 Å². The van der Waals surface area contributed by atoms with Gasteiger partial charge in [-0.05, 0) is 44.2 Å². The highest BCUT2D eigenvalue weighted by atomic mass is 127. The zero-order valence-corrected chi connectivity index (χ0v) is 22.1. The summed E-state index contributed by atoms with van der Waals surface area (Å²) in [6, 6.07) is 6.32. The van der Waals surface area contributed by atoms with Gasteiger partial charge in [0.2, 0.25) is 0 Å². The Balaban J connectivity index is 0.00000363. The van der Waals surface area contributed by atoms with E-state index in [-0.39, 0.29) is 24.0 Å². The van der Waals surface area contributed by atoms with Crippen LogP contribution >= 0.6 is 24.0 Å². The van der Waals surface area contributed by atoms with Crippen molar-refractivity contribution < 1.29 is 4.52 Å². The maximum atomic E-state index is 5.51. The van der Waals surface area contributed by atoms with Gasteiger partial charge in [0.25, 0.3) is 0 Å². The summed E-state index contributed by atoms with van der Waals surface area (Å²) in [5.41, 5.74) is 2.14. The third kappa shape index (κ3) is 7.94. The number of aliphatic imine (C=N–C) groups is 1. The largest absolute Gasteiger partial charge is 0.359 e. The molecule has 1 aliphatic heterocycles. The number of hydrogen-bond donors (Lipinski definition) is 2. The monoisotopic (exact) mass is 554 g/mol. The fraction of sp³-hybridized carbons (Fsp3) is 0.625. The van der Waals surface area contributed by atoms with Crippen LogP contribution in [0, 0.1) is 0 Å². The molecule has 0 saturated carbocycles. The Morgan fingerprint density at radius 3 is 2.47 bits per heavy atom. The average molecular weight is 555 g/mol. The van der Waals surface area contributed by atoms with E-state index in [9.17, 15) is 0 Å². The number of anilines is 1. The third-order valence-corrected chi connectivity index (χ3v) is 5.91. The Bertz CT molecular complexity index is 795. The van der Waals surface area contributed by atoms with Crippen LogP contribution in [0.4, 0.5) is 5.82 Å². The summed E-state index contributed by atoms with van der Waals surface area (Å²) in [5.74, 6) is 3.14. The second kappa shape index (κ2) is 14.3. The third-order valence-electron chi connectivity index (χ3n) is 5.91. The van der Waals surface area contributed by atoms with Crippen molar-refractivity contribution in [3.63, 3.8) is 0 Å². The molecule has 178 valence electrons. The van der Waals surface area contributed by atoms with Crippen LogP contribution in [-0.4, -0.2) is 35.7 Å². The normalized spacial score (nSPS) is 14.8. The zero-order valence-electron chi connectivity index (χ0n) is 19.8. The molecule has 8 heteroatoms. The Kier molecular flexibility index (Phi) is 11.8. The fourth-order valence-electron chi connectivity index (χ4n) is 3.99. The van der Waals surface area contributed by atoms with E-state index in [0.717, 1.165) is 61.3 Å². The molecule has 1 saturated heterocycles. The lowest BCUT2D eigenvalue weighted by molar-refractivity contribution is 0.368. The van der Waals surface area contributed by atoms with E-state index in [1.54, 1.807) is 0 Å². The zero-order chi connectivity index (χ0) is 21.9.